The molecule has 0 bridgehead atoms. The molecule has 2 heteroatoms. The molecule has 0 aliphatic heterocycles. The Balaban J connectivity index is 1.65. The molecule has 28 heavy (non-hydrogen) atoms. The van der Waals surface area contributed by atoms with Crippen LogP contribution in [0.1, 0.15) is 0 Å². The highest BCUT2D eigenvalue weighted by atomic mass is 14.8. The van der Waals surface area contributed by atoms with Crippen LogP contribution >= 0.6 is 0 Å². The molecule has 6 aromatic rings. The van der Waals surface area contributed by atoms with Gasteiger partial charge in [0.1, 0.15) is 0 Å². The minimum Gasteiger partial charge on any atom is -0.255 e. The van der Waals surface area contributed by atoms with Gasteiger partial charge < -0.3 is 0 Å². The first-order valence-electron chi connectivity index (χ1n) is 9.44. The molecule has 0 aliphatic carbocycles. The highest BCUT2D eigenvalue weighted by Gasteiger charge is 2.13. The number of nitrogens with zero attached hydrogens (tertiary/aromatic N) is 2. The fourth-order valence-electron chi connectivity index (χ4n) is 4.20. The van der Waals surface area contributed by atoms with Crippen molar-refractivity contribution in [2.24, 2.45) is 0 Å². The van der Waals surface area contributed by atoms with Gasteiger partial charge in [-0.1, -0.05) is 66.7 Å². The van der Waals surface area contributed by atoms with Crippen molar-refractivity contribution >= 4 is 32.3 Å². The smallest absolute Gasteiger partial charge is 0.0893 e. The number of hydrogen-bond acceptors (Lipinski definition) is 2. The van der Waals surface area contributed by atoms with Gasteiger partial charge in [0.25, 0.3) is 0 Å². The van der Waals surface area contributed by atoms with Crippen molar-refractivity contribution in [3.8, 4) is 22.6 Å². The molecule has 0 saturated heterocycles. The average molecular weight is 356 g/mol. The summed E-state index contributed by atoms with van der Waals surface area (Å²) in [5, 5.41) is 7.72. The van der Waals surface area contributed by atoms with Crippen LogP contribution in [0.3, 0.4) is 0 Å². The first-order valence-corrected chi connectivity index (χ1v) is 9.44. The van der Waals surface area contributed by atoms with Crippen molar-refractivity contribution in [3.63, 3.8) is 0 Å². The standard InChI is InChI=1S/C26H16N2/c1-2-16-27-23(7-1)24-9-4-8-22(28-24)20-14-12-19-11-10-17-5-3-6-18-13-15-21(20)26(19)25(17)18/h1-16H. The molecular formula is C26H16N2. The summed E-state index contributed by atoms with van der Waals surface area (Å²) in [5.41, 5.74) is 3.91. The zero-order valence-electron chi connectivity index (χ0n) is 15.1. The molecule has 0 saturated carbocycles. The van der Waals surface area contributed by atoms with Crippen LogP contribution in [0.2, 0.25) is 0 Å². The van der Waals surface area contributed by atoms with Crippen LogP contribution in [0.5, 0.6) is 0 Å². The number of aromatic nitrogens is 2. The summed E-state index contributed by atoms with van der Waals surface area (Å²) >= 11 is 0. The van der Waals surface area contributed by atoms with Crippen LogP contribution in [0.4, 0.5) is 0 Å². The zero-order chi connectivity index (χ0) is 18.5. The van der Waals surface area contributed by atoms with Crippen LogP contribution in [-0.2, 0) is 0 Å². The summed E-state index contributed by atoms with van der Waals surface area (Å²) in [5.74, 6) is 0. The third-order valence-electron chi connectivity index (χ3n) is 5.48. The van der Waals surface area contributed by atoms with Crippen molar-refractivity contribution in [3.05, 3.63) is 97.2 Å². The van der Waals surface area contributed by atoms with Crippen molar-refractivity contribution in [2.75, 3.05) is 0 Å². The number of pyridine rings is 2. The molecule has 0 fully saturated rings. The summed E-state index contributed by atoms with van der Waals surface area (Å²) in [4.78, 5) is 9.38. The third kappa shape index (κ3) is 2.21. The van der Waals surface area contributed by atoms with Crippen molar-refractivity contribution in [1.82, 2.24) is 9.97 Å². The second-order valence-corrected chi connectivity index (χ2v) is 7.09. The lowest BCUT2D eigenvalue weighted by Gasteiger charge is -2.14. The average Bonchev–Trinajstić information content (AvgIpc) is 2.78. The Hall–Kier alpha value is -3.78. The van der Waals surface area contributed by atoms with Gasteiger partial charge in [0.15, 0.2) is 0 Å². The Labute approximate surface area is 162 Å². The summed E-state index contributed by atoms with van der Waals surface area (Å²) in [6.07, 6.45) is 1.81. The summed E-state index contributed by atoms with van der Waals surface area (Å²) in [6.45, 7) is 0. The number of rotatable bonds is 2. The van der Waals surface area contributed by atoms with E-state index in [4.69, 9.17) is 4.98 Å². The predicted molar refractivity (Wildman–Crippen MR) is 117 cm³/mol. The molecule has 2 heterocycles. The van der Waals surface area contributed by atoms with Gasteiger partial charge in [-0.15, -0.1) is 0 Å². The van der Waals surface area contributed by atoms with E-state index in [1.54, 1.807) is 6.20 Å². The monoisotopic (exact) mass is 356 g/mol. The van der Waals surface area contributed by atoms with E-state index in [0.717, 1.165) is 22.6 Å². The molecule has 0 amide bonds. The van der Waals surface area contributed by atoms with E-state index < -0.39 is 0 Å². The Kier molecular flexibility index (Phi) is 3.20. The summed E-state index contributed by atoms with van der Waals surface area (Å²) in [7, 11) is 0. The molecule has 0 radical (unpaired) electrons. The Bertz CT molecular complexity index is 1440. The van der Waals surface area contributed by atoms with E-state index in [0.29, 0.717) is 0 Å². The molecule has 6 rings (SSSR count). The Morgan fingerprint density at radius 2 is 1.14 bits per heavy atom. The van der Waals surface area contributed by atoms with Gasteiger partial charge in [0, 0.05) is 11.8 Å². The van der Waals surface area contributed by atoms with Crippen LogP contribution in [-0.4, -0.2) is 9.97 Å². The molecular weight excluding hydrogens is 340 g/mol. The number of hydrogen-bond donors (Lipinski definition) is 0. The molecule has 0 spiro atoms. The van der Waals surface area contributed by atoms with Gasteiger partial charge in [-0.05, 0) is 56.6 Å². The molecule has 0 atom stereocenters. The van der Waals surface area contributed by atoms with Crippen LogP contribution < -0.4 is 0 Å². The summed E-state index contributed by atoms with van der Waals surface area (Å²) < 4.78 is 0. The molecule has 4 aromatic carbocycles. The van der Waals surface area contributed by atoms with Gasteiger partial charge in [-0.25, -0.2) is 4.98 Å². The maximum Gasteiger partial charge on any atom is 0.0893 e. The molecule has 0 unspecified atom stereocenters. The maximum absolute atomic E-state index is 4.93. The van der Waals surface area contributed by atoms with Crippen molar-refractivity contribution in [2.45, 2.75) is 0 Å². The van der Waals surface area contributed by atoms with Gasteiger partial charge >= 0.3 is 0 Å². The minimum absolute atomic E-state index is 0.891. The van der Waals surface area contributed by atoms with Crippen LogP contribution in [0.15, 0.2) is 97.2 Å². The number of benzene rings is 4. The zero-order valence-corrected chi connectivity index (χ0v) is 15.1. The van der Waals surface area contributed by atoms with E-state index in [1.807, 2.05) is 24.3 Å². The summed E-state index contributed by atoms with van der Waals surface area (Å²) in [6, 6.07) is 31.8. The lowest BCUT2D eigenvalue weighted by molar-refractivity contribution is 1.25. The SMILES string of the molecule is c1ccc(-c2cccc(-c3ccc4ccc5cccc6ccc3c4c56)n2)nc1. The second kappa shape index (κ2) is 5.86. The highest BCUT2D eigenvalue weighted by molar-refractivity contribution is 6.25. The van der Waals surface area contributed by atoms with Crippen LogP contribution in [0, 0.1) is 0 Å². The largest absolute Gasteiger partial charge is 0.255 e. The fraction of sp³-hybridized carbons (Fsp3) is 0. The quantitative estimate of drug-likeness (QED) is 0.322. The molecule has 0 N–H and O–H groups in total. The molecule has 0 aliphatic rings. The predicted octanol–water partition coefficient (Wildman–Crippen LogP) is 6.71. The van der Waals surface area contributed by atoms with Gasteiger partial charge in [-0.3, -0.25) is 4.98 Å². The first-order chi connectivity index (χ1) is 13.9. The first kappa shape index (κ1) is 15.3. The third-order valence-corrected chi connectivity index (χ3v) is 5.48. The van der Waals surface area contributed by atoms with Crippen molar-refractivity contribution < 1.29 is 0 Å². The van der Waals surface area contributed by atoms with E-state index in [-0.39, 0.29) is 0 Å². The highest BCUT2D eigenvalue weighted by Crippen LogP contribution is 2.38. The van der Waals surface area contributed by atoms with Gasteiger partial charge in [0.2, 0.25) is 0 Å². The fourth-order valence-corrected chi connectivity index (χ4v) is 4.20. The van der Waals surface area contributed by atoms with E-state index >= 15 is 0 Å². The topological polar surface area (TPSA) is 25.8 Å². The van der Waals surface area contributed by atoms with Crippen molar-refractivity contribution in [1.29, 1.82) is 0 Å². The Morgan fingerprint density at radius 1 is 0.464 bits per heavy atom. The van der Waals surface area contributed by atoms with E-state index in [2.05, 4.69) is 71.7 Å². The van der Waals surface area contributed by atoms with Gasteiger partial charge in [0.05, 0.1) is 17.1 Å². The minimum atomic E-state index is 0.891. The van der Waals surface area contributed by atoms with E-state index in [1.165, 1.54) is 32.3 Å². The van der Waals surface area contributed by atoms with E-state index in [9.17, 15) is 0 Å². The molecule has 2 nitrogen and oxygen atoms in total. The van der Waals surface area contributed by atoms with Crippen LogP contribution in [0.25, 0.3) is 55.0 Å². The lowest BCUT2D eigenvalue weighted by Crippen LogP contribution is -1.91. The normalized spacial score (nSPS) is 11.6. The molecule has 130 valence electrons. The van der Waals surface area contributed by atoms with Gasteiger partial charge in [-0.2, -0.15) is 0 Å². The lowest BCUT2D eigenvalue weighted by atomic mass is 9.91. The Morgan fingerprint density at radius 3 is 1.96 bits per heavy atom. The maximum atomic E-state index is 4.93. The molecule has 2 aromatic heterocycles. The second-order valence-electron chi connectivity index (χ2n) is 7.09.